The van der Waals surface area contributed by atoms with Crippen molar-refractivity contribution in [1.29, 1.82) is 0 Å². The van der Waals surface area contributed by atoms with Crippen molar-refractivity contribution in [3.05, 3.63) is 62.5 Å². The lowest BCUT2D eigenvalue weighted by molar-refractivity contribution is -0.111. The SMILES string of the molecule is Cc1ccc2occ(/C=C/C(=O)Nc3nc(C)c(CN4CCC(C)CC4)s3)c(=O)c2c1. The van der Waals surface area contributed by atoms with E-state index in [1.807, 2.05) is 19.9 Å². The van der Waals surface area contributed by atoms with Crippen LogP contribution in [-0.2, 0) is 11.3 Å². The summed E-state index contributed by atoms with van der Waals surface area (Å²) in [4.78, 5) is 33.2. The molecule has 0 radical (unpaired) electrons. The molecule has 31 heavy (non-hydrogen) atoms. The van der Waals surface area contributed by atoms with Gasteiger partial charge in [0.2, 0.25) is 5.91 Å². The second-order valence-corrected chi connectivity index (χ2v) is 9.41. The summed E-state index contributed by atoms with van der Waals surface area (Å²) in [6.07, 6.45) is 6.67. The van der Waals surface area contributed by atoms with Gasteiger partial charge >= 0.3 is 0 Å². The maximum atomic E-state index is 12.7. The van der Waals surface area contributed by atoms with Crippen molar-refractivity contribution in [3.8, 4) is 0 Å². The second-order valence-electron chi connectivity index (χ2n) is 8.33. The molecular weight excluding hydrogens is 410 g/mol. The van der Waals surface area contributed by atoms with Crippen molar-refractivity contribution in [2.24, 2.45) is 5.92 Å². The van der Waals surface area contributed by atoms with Gasteiger partial charge in [0.25, 0.3) is 0 Å². The molecule has 6 nitrogen and oxygen atoms in total. The van der Waals surface area contributed by atoms with E-state index in [1.165, 1.54) is 47.5 Å². The van der Waals surface area contributed by atoms with Crippen molar-refractivity contribution in [2.45, 2.75) is 40.2 Å². The molecule has 4 rings (SSSR count). The van der Waals surface area contributed by atoms with Crippen molar-refractivity contribution in [2.75, 3.05) is 18.4 Å². The van der Waals surface area contributed by atoms with E-state index in [2.05, 4.69) is 22.1 Å². The number of aryl methyl sites for hydroxylation is 2. The lowest BCUT2D eigenvalue weighted by Crippen LogP contribution is -2.32. The highest BCUT2D eigenvalue weighted by Gasteiger charge is 2.18. The normalized spacial score (nSPS) is 15.7. The van der Waals surface area contributed by atoms with Gasteiger partial charge in [-0.3, -0.25) is 19.8 Å². The number of carbonyl (C=O) groups is 1. The van der Waals surface area contributed by atoms with E-state index >= 15 is 0 Å². The minimum atomic E-state index is -0.323. The number of rotatable bonds is 5. The predicted octanol–water partition coefficient (Wildman–Crippen LogP) is 4.75. The number of thiazole rings is 1. The Kier molecular flexibility index (Phi) is 6.34. The fourth-order valence-corrected chi connectivity index (χ4v) is 4.75. The highest BCUT2D eigenvalue weighted by molar-refractivity contribution is 7.15. The van der Waals surface area contributed by atoms with E-state index in [1.54, 1.807) is 12.1 Å². The first-order chi connectivity index (χ1) is 14.9. The van der Waals surface area contributed by atoms with Crippen LogP contribution >= 0.6 is 11.3 Å². The quantitative estimate of drug-likeness (QED) is 0.583. The number of aromatic nitrogens is 1. The smallest absolute Gasteiger partial charge is 0.250 e. The molecule has 0 spiro atoms. The Bertz CT molecular complexity index is 1190. The third kappa shape index (κ3) is 5.11. The number of fused-ring (bicyclic) bond motifs is 1. The Morgan fingerprint density at radius 1 is 1.32 bits per heavy atom. The Morgan fingerprint density at radius 3 is 2.87 bits per heavy atom. The Morgan fingerprint density at radius 2 is 2.10 bits per heavy atom. The lowest BCUT2D eigenvalue weighted by Gasteiger charge is -2.29. The number of carbonyl (C=O) groups excluding carboxylic acids is 1. The maximum Gasteiger partial charge on any atom is 0.250 e. The summed E-state index contributed by atoms with van der Waals surface area (Å²) in [5, 5.41) is 3.90. The molecule has 0 atom stereocenters. The van der Waals surface area contributed by atoms with Gasteiger partial charge in [-0.05, 0) is 63.9 Å². The topological polar surface area (TPSA) is 75.4 Å². The van der Waals surface area contributed by atoms with Gasteiger partial charge in [0, 0.05) is 17.5 Å². The number of nitrogens with zero attached hydrogens (tertiary/aromatic N) is 2. The monoisotopic (exact) mass is 437 g/mol. The summed E-state index contributed by atoms with van der Waals surface area (Å²) in [6.45, 7) is 9.30. The van der Waals surface area contributed by atoms with Crippen LogP contribution in [-0.4, -0.2) is 28.9 Å². The summed E-state index contributed by atoms with van der Waals surface area (Å²) in [5.41, 5.74) is 2.65. The van der Waals surface area contributed by atoms with Gasteiger partial charge in [-0.2, -0.15) is 0 Å². The number of benzene rings is 1. The Hall–Kier alpha value is -2.77. The summed E-state index contributed by atoms with van der Waals surface area (Å²) in [6, 6.07) is 5.46. The predicted molar refractivity (Wildman–Crippen MR) is 125 cm³/mol. The minimum absolute atomic E-state index is 0.155. The zero-order chi connectivity index (χ0) is 22.0. The molecule has 3 heterocycles. The fraction of sp³-hybridized carbons (Fsp3) is 0.375. The van der Waals surface area contributed by atoms with Gasteiger partial charge in [-0.15, -0.1) is 11.3 Å². The number of amides is 1. The molecule has 1 N–H and O–H groups in total. The van der Waals surface area contributed by atoms with Gasteiger partial charge in [0.1, 0.15) is 11.8 Å². The first-order valence-corrected chi connectivity index (χ1v) is 11.4. The van der Waals surface area contributed by atoms with E-state index in [-0.39, 0.29) is 11.3 Å². The van der Waals surface area contributed by atoms with Crippen LogP contribution in [0.5, 0.6) is 0 Å². The van der Waals surface area contributed by atoms with Crippen LogP contribution in [0.4, 0.5) is 5.13 Å². The summed E-state index contributed by atoms with van der Waals surface area (Å²) in [7, 11) is 0. The average molecular weight is 438 g/mol. The lowest BCUT2D eigenvalue weighted by atomic mass is 9.99. The standard InChI is InChI=1S/C24H27N3O3S/c1-15-8-10-27(11-9-15)13-21-17(3)25-24(31-21)26-22(28)7-5-18-14-30-20-6-4-16(2)12-19(20)23(18)29/h4-7,12,14-15H,8-11,13H2,1-3H3,(H,25,26,28)/b7-5+. The molecule has 162 valence electrons. The van der Waals surface area contributed by atoms with Crippen LogP contribution in [0, 0.1) is 19.8 Å². The zero-order valence-corrected chi connectivity index (χ0v) is 18.9. The molecule has 1 fully saturated rings. The van der Waals surface area contributed by atoms with Gasteiger partial charge < -0.3 is 4.42 Å². The summed E-state index contributed by atoms with van der Waals surface area (Å²) < 4.78 is 5.53. The van der Waals surface area contributed by atoms with Crippen molar-refractivity contribution in [3.63, 3.8) is 0 Å². The van der Waals surface area contributed by atoms with E-state index in [0.717, 1.165) is 36.8 Å². The average Bonchev–Trinajstić information content (AvgIpc) is 3.08. The number of hydrogen-bond donors (Lipinski definition) is 1. The molecule has 1 saturated heterocycles. The molecule has 7 heteroatoms. The molecule has 1 aliphatic rings. The summed E-state index contributed by atoms with van der Waals surface area (Å²) in [5.74, 6) is 0.477. The first-order valence-electron chi connectivity index (χ1n) is 10.6. The molecule has 0 aliphatic carbocycles. The van der Waals surface area contributed by atoms with Crippen LogP contribution in [0.25, 0.3) is 17.0 Å². The molecule has 0 unspecified atom stereocenters. The largest absolute Gasteiger partial charge is 0.463 e. The van der Waals surface area contributed by atoms with Crippen LogP contribution in [0.15, 0.2) is 39.7 Å². The molecule has 0 bridgehead atoms. The molecule has 1 aromatic carbocycles. The van der Waals surface area contributed by atoms with Gasteiger partial charge in [0.15, 0.2) is 10.6 Å². The Labute approximate surface area is 185 Å². The third-order valence-corrected chi connectivity index (χ3v) is 6.79. The van der Waals surface area contributed by atoms with E-state index in [0.29, 0.717) is 21.7 Å². The molecule has 1 aliphatic heterocycles. The number of piperidine rings is 1. The van der Waals surface area contributed by atoms with E-state index in [4.69, 9.17) is 4.42 Å². The highest BCUT2D eigenvalue weighted by Crippen LogP contribution is 2.26. The molecule has 2 aromatic heterocycles. The maximum absolute atomic E-state index is 12.7. The zero-order valence-electron chi connectivity index (χ0n) is 18.1. The fourth-order valence-electron chi connectivity index (χ4n) is 3.74. The molecule has 1 amide bonds. The van der Waals surface area contributed by atoms with E-state index < -0.39 is 0 Å². The number of hydrogen-bond acceptors (Lipinski definition) is 6. The van der Waals surface area contributed by atoms with Crippen LogP contribution in [0.3, 0.4) is 0 Å². The van der Waals surface area contributed by atoms with Gasteiger partial charge in [0.05, 0.1) is 16.6 Å². The first kappa shape index (κ1) is 21.5. The van der Waals surface area contributed by atoms with Crippen molar-refractivity contribution >= 4 is 39.4 Å². The minimum Gasteiger partial charge on any atom is -0.463 e. The number of nitrogens with one attached hydrogen (secondary N) is 1. The van der Waals surface area contributed by atoms with Gasteiger partial charge in [-0.25, -0.2) is 4.98 Å². The van der Waals surface area contributed by atoms with Crippen molar-refractivity contribution < 1.29 is 9.21 Å². The van der Waals surface area contributed by atoms with Crippen LogP contribution in [0.2, 0.25) is 0 Å². The summed E-state index contributed by atoms with van der Waals surface area (Å²) >= 11 is 1.51. The molecule has 0 saturated carbocycles. The van der Waals surface area contributed by atoms with Crippen LogP contribution in [0.1, 0.15) is 41.5 Å². The molecule has 3 aromatic rings. The molecular formula is C24H27N3O3S. The highest BCUT2D eigenvalue weighted by atomic mass is 32.1. The van der Waals surface area contributed by atoms with E-state index in [9.17, 15) is 9.59 Å². The van der Waals surface area contributed by atoms with Crippen LogP contribution < -0.4 is 10.7 Å². The second kappa shape index (κ2) is 9.16. The number of anilines is 1. The number of likely N-dealkylation sites (tertiary alicyclic amines) is 1. The van der Waals surface area contributed by atoms with Crippen molar-refractivity contribution in [1.82, 2.24) is 9.88 Å². The third-order valence-electron chi connectivity index (χ3n) is 5.74. The van der Waals surface area contributed by atoms with Gasteiger partial charge in [-0.1, -0.05) is 18.6 Å². The Balaban J connectivity index is 1.42.